The van der Waals surface area contributed by atoms with E-state index in [4.69, 9.17) is 0 Å². The molecule has 1 fully saturated rings. The van der Waals surface area contributed by atoms with E-state index in [0.29, 0.717) is 55.2 Å². The number of anilines is 4. The van der Waals surface area contributed by atoms with Crippen LogP contribution in [-0.2, 0) is 12.6 Å². The molecule has 3 aromatic heterocycles. The largest absolute Gasteiger partial charge is 0.381 e. The van der Waals surface area contributed by atoms with E-state index >= 15 is 0 Å². The predicted octanol–water partition coefficient (Wildman–Crippen LogP) is 1.86. The number of nitrogens with zero attached hydrogens (tertiary/aromatic N) is 9. The Morgan fingerprint density at radius 3 is 2.17 bits per heavy atom. The first kappa shape index (κ1) is 22.6. The van der Waals surface area contributed by atoms with Gasteiger partial charge in [0.25, 0.3) is 0 Å². The third kappa shape index (κ3) is 4.87. The Labute approximate surface area is 201 Å². The van der Waals surface area contributed by atoms with Crippen LogP contribution in [0.3, 0.4) is 0 Å². The average molecular weight is 477 g/mol. The molecule has 5 rings (SSSR count). The second-order valence-electron chi connectivity index (χ2n) is 8.46. The standard InChI is InChI=1S/C23H25FN10O/c1-23(35,16-3-5-18(24)6-4-16)17-11-25-21(26-12-17)33-7-9-34(10-8-33)22-28-15-27-20(31-22)30-19-13-29-32(2)14-19/h3-6,11-15,35H,7-10H2,1-2H3,(H,27,28,30,31)/t23-/m1/s1. The van der Waals surface area contributed by atoms with Gasteiger partial charge in [0.15, 0.2) is 0 Å². The molecule has 2 N–H and O–H groups in total. The maximum Gasteiger partial charge on any atom is 0.232 e. The van der Waals surface area contributed by atoms with Crippen LogP contribution in [0, 0.1) is 5.82 Å². The zero-order valence-electron chi connectivity index (χ0n) is 19.4. The number of rotatable bonds is 6. The van der Waals surface area contributed by atoms with Crippen molar-refractivity contribution in [2.75, 3.05) is 41.3 Å². The van der Waals surface area contributed by atoms with Gasteiger partial charge in [0.05, 0.1) is 11.9 Å². The molecule has 0 bridgehead atoms. The molecule has 11 nitrogen and oxygen atoms in total. The fraction of sp³-hybridized carbons (Fsp3) is 0.304. The third-order valence-corrected chi connectivity index (χ3v) is 5.97. The molecule has 4 aromatic rings. The first-order chi connectivity index (χ1) is 16.9. The van der Waals surface area contributed by atoms with Gasteiger partial charge < -0.3 is 20.2 Å². The molecule has 1 aliphatic rings. The van der Waals surface area contributed by atoms with Gasteiger partial charge in [-0.1, -0.05) is 12.1 Å². The third-order valence-electron chi connectivity index (χ3n) is 5.97. The first-order valence-corrected chi connectivity index (χ1v) is 11.1. The highest BCUT2D eigenvalue weighted by Gasteiger charge is 2.27. The quantitative estimate of drug-likeness (QED) is 0.426. The van der Waals surface area contributed by atoms with Gasteiger partial charge in [-0.3, -0.25) is 4.68 Å². The Morgan fingerprint density at radius 2 is 1.54 bits per heavy atom. The van der Waals surface area contributed by atoms with Crippen molar-refractivity contribution in [3.63, 3.8) is 0 Å². The molecule has 0 aliphatic carbocycles. The van der Waals surface area contributed by atoms with Gasteiger partial charge in [-0.15, -0.1) is 0 Å². The van der Waals surface area contributed by atoms with Gasteiger partial charge in [-0.25, -0.2) is 24.3 Å². The van der Waals surface area contributed by atoms with Crippen molar-refractivity contribution >= 4 is 23.5 Å². The molecule has 0 saturated carbocycles. The van der Waals surface area contributed by atoms with E-state index in [1.807, 2.05) is 13.2 Å². The van der Waals surface area contributed by atoms with Gasteiger partial charge >= 0.3 is 0 Å². The molecular formula is C23H25FN10O. The highest BCUT2D eigenvalue weighted by Crippen LogP contribution is 2.29. The molecule has 180 valence electrons. The maximum absolute atomic E-state index is 13.2. The van der Waals surface area contributed by atoms with Gasteiger partial charge in [0.2, 0.25) is 17.8 Å². The molecule has 1 atom stereocenters. The summed E-state index contributed by atoms with van der Waals surface area (Å²) >= 11 is 0. The summed E-state index contributed by atoms with van der Waals surface area (Å²) in [5.41, 5.74) is 0.572. The molecule has 12 heteroatoms. The summed E-state index contributed by atoms with van der Waals surface area (Å²) in [4.78, 5) is 26.1. The van der Waals surface area contributed by atoms with Gasteiger partial charge in [-0.05, 0) is 24.6 Å². The zero-order chi connectivity index (χ0) is 24.4. The molecule has 4 heterocycles. The second-order valence-corrected chi connectivity index (χ2v) is 8.46. The van der Waals surface area contributed by atoms with Crippen molar-refractivity contribution < 1.29 is 9.50 Å². The van der Waals surface area contributed by atoms with Crippen molar-refractivity contribution in [1.82, 2.24) is 34.7 Å². The Morgan fingerprint density at radius 1 is 0.886 bits per heavy atom. The zero-order valence-corrected chi connectivity index (χ0v) is 19.4. The van der Waals surface area contributed by atoms with E-state index in [9.17, 15) is 9.50 Å². The van der Waals surface area contributed by atoms with Crippen LogP contribution < -0.4 is 15.1 Å². The van der Waals surface area contributed by atoms with Crippen LogP contribution in [0.2, 0.25) is 0 Å². The number of halogens is 1. The highest BCUT2D eigenvalue weighted by molar-refractivity contribution is 5.51. The molecule has 0 unspecified atom stereocenters. The van der Waals surface area contributed by atoms with Crippen molar-refractivity contribution in [3.8, 4) is 0 Å². The highest BCUT2D eigenvalue weighted by atomic mass is 19.1. The van der Waals surface area contributed by atoms with Crippen LogP contribution in [0.15, 0.2) is 55.4 Å². The Balaban J connectivity index is 1.22. The lowest BCUT2D eigenvalue weighted by molar-refractivity contribution is 0.101. The van der Waals surface area contributed by atoms with E-state index < -0.39 is 5.60 Å². The summed E-state index contributed by atoms with van der Waals surface area (Å²) in [6.07, 6.45) is 8.25. The van der Waals surface area contributed by atoms with Crippen molar-refractivity contribution in [2.45, 2.75) is 12.5 Å². The molecule has 1 aromatic carbocycles. The normalized spacial score (nSPS) is 15.7. The number of hydrogen-bond acceptors (Lipinski definition) is 10. The number of hydrogen-bond donors (Lipinski definition) is 2. The van der Waals surface area contributed by atoms with Crippen LogP contribution in [0.1, 0.15) is 18.1 Å². The first-order valence-electron chi connectivity index (χ1n) is 11.1. The van der Waals surface area contributed by atoms with E-state index in [0.717, 1.165) is 5.69 Å². The number of aryl methyl sites for hydroxylation is 1. The molecular weight excluding hydrogens is 451 g/mol. The SMILES string of the molecule is Cn1cc(Nc2ncnc(N3CCN(c4ncc([C@](C)(O)c5ccc(F)cc5)cn4)CC3)n2)cn1. The lowest BCUT2D eigenvalue weighted by Gasteiger charge is -2.34. The Kier molecular flexibility index (Phi) is 5.95. The van der Waals surface area contributed by atoms with Crippen molar-refractivity contribution in [1.29, 1.82) is 0 Å². The van der Waals surface area contributed by atoms with Gasteiger partial charge in [0, 0.05) is 57.4 Å². The van der Waals surface area contributed by atoms with Crippen molar-refractivity contribution in [3.05, 3.63) is 72.3 Å². The topological polar surface area (TPSA) is 121 Å². The number of nitrogens with one attached hydrogen (secondary N) is 1. The molecule has 0 amide bonds. The minimum atomic E-state index is -1.33. The van der Waals surface area contributed by atoms with E-state index in [-0.39, 0.29) is 5.82 Å². The fourth-order valence-corrected chi connectivity index (χ4v) is 3.90. The van der Waals surface area contributed by atoms with Crippen LogP contribution in [0.4, 0.5) is 27.9 Å². The van der Waals surface area contributed by atoms with Crippen LogP contribution in [-0.4, -0.2) is 66.0 Å². The molecule has 35 heavy (non-hydrogen) atoms. The Hall–Kier alpha value is -4.19. The molecule has 1 aliphatic heterocycles. The Bertz CT molecular complexity index is 1280. The van der Waals surface area contributed by atoms with Crippen molar-refractivity contribution in [2.24, 2.45) is 7.05 Å². The lowest BCUT2D eigenvalue weighted by Crippen LogP contribution is -2.47. The smallest absolute Gasteiger partial charge is 0.232 e. The number of aromatic nitrogens is 7. The summed E-state index contributed by atoms with van der Waals surface area (Å²) < 4.78 is 14.9. The van der Waals surface area contributed by atoms with Crippen LogP contribution >= 0.6 is 0 Å². The summed E-state index contributed by atoms with van der Waals surface area (Å²) in [6.45, 7) is 4.39. The molecule has 0 spiro atoms. The lowest BCUT2D eigenvalue weighted by atomic mass is 9.90. The summed E-state index contributed by atoms with van der Waals surface area (Å²) in [7, 11) is 1.84. The monoisotopic (exact) mass is 476 g/mol. The molecule has 0 radical (unpaired) electrons. The number of aliphatic hydroxyl groups is 1. The predicted molar refractivity (Wildman–Crippen MR) is 128 cm³/mol. The summed E-state index contributed by atoms with van der Waals surface area (Å²) in [5, 5.41) is 18.2. The fourth-order valence-electron chi connectivity index (χ4n) is 3.90. The minimum absolute atomic E-state index is 0.353. The van der Waals surface area contributed by atoms with E-state index in [1.165, 1.54) is 18.5 Å². The molecule has 1 saturated heterocycles. The second kappa shape index (κ2) is 9.22. The minimum Gasteiger partial charge on any atom is -0.381 e. The average Bonchev–Trinajstić information content (AvgIpc) is 3.29. The number of piperazine rings is 1. The van der Waals surface area contributed by atoms with Crippen LogP contribution in [0.5, 0.6) is 0 Å². The van der Waals surface area contributed by atoms with Gasteiger partial charge in [0.1, 0.15) is 17.7 Å². The van der Waals surface area contributed by atoms with Crippen LogP contribution in [0.25, 0.3) is 0 Å². The van der Waals surface area contributed by atoms with E-state index in [2.05, 4.69) is 45.1 Å². The number of benzene rings is 1. The van der Waals surface area contributed by atoms with E-state index in [1.54, 1.807) is 42.3 Å². The maximum atomic E-state index is 13.2. The van der Waals surface area contributed by atoms with Gasteiger partial charge in [-0.2, -0.15) is 10.1 Å². The summed E-state index contributed by atoms with van der Waals surface area (Å²) in [6, 6.07) is 5.76. The summed E-state index contributed by atoms with van der Waals surface area (Å²) in [5.74, 6) is 1.28.